The number of benzene rings is 1. The number of rotatable bonds is 7. The van der Waals surface area contributed by atoms with Crippen molar-refractivity contribution in [3.8, 4) is 0 Å². The minimum atomic E-state index is -3.11. The molecule has 0 saturated heterocycles. The lowest BCUT2D eigenvalue weighted by molar-refractivity contribution is 0.229. The summed E-state index contributed by atoms with van der Waals surface area (Å²) in [5.41, 5.74) is 0.916. The molecular weight excluding hydrogens is 250 g/mol. The average molecular weight is 271 g/mol. The van der Waals surface area contributed by atoms with Gasteiger partial charge in [0.25, 0.3) is 0 Å². The number of hydrogen-bond acceptors (Lipinski definition) is 4. The smallest absolute Gasteiger partial charge is 0.175 e. The Hall–Kier alpha value is -1.07. The summed E-state index contributed by atoms with van der Waals surface area (Å²) in [7, 11) is -3.11. The molecule has 4 nitrogen and oxygen atoms in total. The van der Waals surface area contributed by atoms with Gasteiger partial charge in [-0.2, -0.15) is 0 Å². The molecule has 1 atom stereocenters. The highest BCUT2D eigenvalue weighted by atomic mass is 32.2. The highest BCUT2D eigenvalue weighted by Gasteiger charge is 2.05. The van der Waals surface area contributed by atoms with Crippen LogP contribution in [0.25, 0.3) is 0 Å². The number of anilines is 1. The van der Waals surface area contributed by atoms with Gasteiger partial charge in [0, 0.05) is 25.1 Å². The minimum absolute atomic E-state index is 0.225. The van der Waals surface area contributed by atoms with Crippen molar-refractivity contribution in [3.05, 3.63) is 24.3 Å². The van der Waals surface area contributed by atoms with E-state index in [0.29, 0.717) is 10.8 Å². The van der Waals surface area contributed by atoms with Crippen molar-refractivity contribution in [2.75, 3.05) is 24.7 Å². The van der Waals surface area contributed by atoms with Gasteiger partial charge in [0.2, 0.25) is 0 Å². The van der Waals surface area contributed by atoms with Crippen LogP contribution in [0.15, 0.2) is 29.2 Å². The third-order valence-electron chi connectivity index (χ3n) is 2.80. The maximum absolute atomic E-state index is 11.3. The third-order valence-corrected chi connectivity index (χ3v) is 3.93. The average Bonchev–Trinajstić information content (AvgIpc) is 2.33. The van der Waals surface area contributed by atoms with Crippen LogP contribution >= 0.6 is 0 Å². The van der Waals surface area contributed by atoms with Gasteiger partial charge in [0.1, 0.15) is 0 Å². The second-order valence-electron chi connectivity index (χ2n) is 4.65. The molecule has 0 bridgehead atoms. The van der Waals surface area contributed by atoms with Crippen molar-refractivity contribution in [3.63, 3.8) is 0 Å². The van der Waals surface area contributed by atoms with Gasteiger partial charge >= 0.3 is 0 Å². The molecule has 1 rings (SSSR count). The lowest BCUT2D eigenvalue weighted by Crippen LogP contribution is -2.06. The molecule has 0 amide bonds. The Morgan fingerprint density at radius 1 is 1.28 bits per heavy atom. The van der Waals surface area contributed by atoms with Crippen molar-refractivity contribution in [1.82, 2.24) is 0 Å². The molecule has 0 spiro atoms. The van der Waals surface area contributed by atoms with Gasteiger partial charge in [0.05, 0.1) is 4.90 Å². The predicted molar refractivity (Wildman–Crippen MR) is 73.5 cm³/mol. The van der Waals surface area contributed by atoms with E-state index in [1.165, 1.54) is 6.26 Å². The second-order valence-corrected chi connectivity index (χ2v) is 6.67. The fourth-order valence-electron chi connectivity index (χ4n) is 1.59. The summed E-state index contributed by atoms with van der Waals surface area (Å²) in [6, 6.07) is 6.75. The summed E-state index contributed by atoms with van der Waals surface area (Å²) in [5.74, 6) is 0.333. The first kappa shape index (κ1) is 15.0. The van der Waals surface area contributed by atoms with Crippen LogP contribution in [0.5, 0.6) is 0 Å². The molecule has 0 radical (unpaired) electrons. The molecule has 0 aliphatic carbocycles. The molecule has 5 heteroatoms. The van der Waals surface area contributed by atoms with Crippen LogP contribution in [0.3, 0.4) is 0 Å². The van der Waals surface area contributed by atoms with Crippen molar-refractivity contribution in [2.24, 2.45) is 5.92 Å². The van der Waals surface area contributed by atoms with E-state index < -0.39 is 9.84 Å². The molecule has 0 aromatic heterocycles. The minimum Gasteiger partial charge on any atom is -0.396 e. The number of nitrogens with one attached hydrogen (secondary N) is 1. The second kappa shape index (κ2) is 6.75. The van der Waals surface area contributed by atoms with Gasteiger partial charge in [-0.05, 0) is 43.0 Å². The summed E-state index contributed by atoms with van der Waals surface area (Å²) in [5, 5.41) is 12.1. The van der Waals surface area contributed by atoms with E-state index in [4.69, 9.17) is 5.11 Å². The molecule has 0 saturated carbocycles. The number of hydrogen-bond donors (Lipinski definition) is 2. The zero-order valence-electron chi connectivity index (χ0n) is 10.9. The number of sulfone groups is 1. The molecule has 0 heterocycles. The largest absolute Gasteiger partial charge is 0.396 e. The first-order valence-electron chi connectivity index (χ1n) is 6.08. The van der Waals surface area contributed by atoms with Gasteiger partial charge in [-0.3, -0.25) is 0 Å². The maximum Gasteiger partial charge on any atom is 0.175 e. The molecular formula is C13H21NO3S. The highest BCUT2D eigenvalue weighted by Crippen LogP contribution is 2.14. The Morgan fingerprint density at radius 2 is 1.89 bits per heavy atom. The maximum atomic E-state index is 11.3. The predicted octanol–water partition coefficient (Wildman–Crippen LogP) is 1.91. The standard InChI is InChI=1S/C13H21NO3S/c1-11(10-15)4-3-9-14-12-5-7-13(8-6-12)18(2,16)17/h5-8,11,14-15H,3-4,9-10H2,1-2H3. The fraction of sp³-hybridized carbons (Fsp3) is 0.538. The van der Waals surface area contributed by atoms with Gasteiger partial charge in [-0.1, -0.05) is 6.92 Å². The van der Waals surface area contributed by atoms with Crippen LogP contribution < -0.4 is 5.32 Å². The normalized spacial score (nSPS) is 13.3. The summed E-state index contributed by atoms with van der Waals surface area (Å²) >= 11 is 0. The van der Waals surface area contributed by atoms with E-state index in [1.807, 2.05) is 6.92 Å². The summed E-state index contributed by atoms with van der Waals surface area (Å²) < 4.78 is 22.5. The zero-order valence-corrected chi connectivity index (χ0v) is 11.7. The molecule has 18 heavy (non-hydrogen) atoms. The summed E-state index contributed by atoms with van der Waals surface area (Å²) in [4.78, 5) is 0.335. The first-order valence-corrected chi connectivity index (χ1v) is 7.97. The van der Waals surface area contributed by atoms with Crippen molar-refractivity contribution >= 4 is 15.5 Å². The fourth-order valence-corrected chi connectivity index (χ4v) is 2.22. The van der Waals surface area contributed by atoms with E-state index in [0.717, 1.165) is 25.1 Å². The van der Waals surface area contributed by atoms with Gasteiger partial charge in [0.15, 0.2) is 9.84 Å². The van der Waals surface area contributed by atoms with Crippen LogP contribution in [0.4, 0.5) is 5.69 Å². The zero-order chi connectivity index (χ0) is 13.6. The Bertz CT molecular complexity index is 454. The number of aliphatic hydroxyl groups excluding tert-OH is 1. The Labute approximate surface area is 109 Å². The molecule has 1 aromatic carbocycles. The van der Waals surface area contributed by atoms with E-state index >= 15 is 0 Å². The number of aliphatic hydroxyl groups is 1. The molecule has 1 aromatic rings. The van der Waals surface area contributed by atoms with Crippen LogP contribution in [0.2, 0.25) is 0 Å². The van der Waals surface area contributed by atoms with Gasteiger partial charge in [-0.25, -0.2) is 8.42 Å². The quantitative estimate of drug-likeness (QED) is 0.743. The van der Waals surface area contributed by atoms with Crippen LogP contribution in [-0.2, 0) is 9.84 Å². The van der Waals surface area contributed by atoms with Crippen LogP contribution in [0, 0.1) is 5.92 Å². The Balaban J connectivity index is 2.40. The summed E-state index contributed by atoms with van der Waals surface area (Å²) in [6.07, 6.45) is 3.16. The van der Waals surface area contributed by atoms with Crippen molar-refractivity contribution in [1.29, 1.82) is 0 Å². The molecule has 0 aliphatic rings. The van der Waals surface area contributed by atoms with E-state index in [1.54, 1.807) is 24.3 Å². The van der Waals surface area contributed by atoms with E-state index in [2.05, 4.69) is 5.32 Å². The first-order chi connectivity index (χ1) is 8.43. The highest BCUT2D eigenvalue weighted by molar-refractivity contribution is 7.90. The third kappa shape index (κ3) is 5.06. The van der Waals surface area contributed by atoms with Gasteiger partial charge in [-0.15, -0.1) is 0 Å². The van der Waals surface area contributed by atoms with E-state index in [9.17, 15) is 8.42 Å². The Kier molecular flexibility index (Phi) is 5.62. The molecule has 0 fully saturated rings. The van der Waals surface area contributed by atoms with Gasteiger partial charge < -0.3 is 10.4 Å². The lowest BCUT2D eigenvalue weighted by Gasteiger charge is -2.09. The summed E-state index contributed by atoms with van der Waals surface area (Å²) in [6.45, 7) is 3.06. The molecule has 0 aliphatic heterocycles. The SMILES string of the molecule is CC(CO)CCCNc1ccc(S(C)(=O)=O)cc1. The molecule has 1 unspecified atom stereocenters. The Morgan fingerprint density at radius 3 is 2.39 bits per heavy atom. The molecule has 2 N–H and O–H groups in total. The van der Waals surface area contributed by atoms with Crippen molar-refractivity contribution < 1.29 is 13.5 Å². The van der Waals surface area contributed by atoms with Crippen LogP contribution in [-0.4, -0.2) is 32.9 Å². The van der Waals surface area contributed by atoms with E-state index in [-0.39, 0.29) is 6.61 Å². The monoisotopic (exact) mass is 271 g/mol. The van der Waals surface area contributed by atoms with Crippen LogP contribution in [0.1, 0.15) is 19.8 Å². The van der Waals surface area contributed by atoms with Crippen molar-refractivity contribution in [2.45, 2.75) is 24.7 Å². The molecule has 102 valence electrons. The topological polar surface area (TPSA) is 66.4 Å². The lowest BCUT2D eigenvalue weighted by atomic mass is 10.1.